The third-order valence-corrected chi connectivity index (χ3v) is 3.54. The van der Waals surface area contributed by atoms with Gasteiger partial charge in [-0.15, -0.1) is 0 Å². The van der Waals surface area contributed by atoms with Gasteiger partial charge in [0.25, 0.3) is 0 Å². The molecule has 1 aliphatic heterocycles. The van der Waals surface area contributed by atoms with E-state index in [4.69, 9.17) is 9.47 Å². The lowest BCUT2D eigenvalue weighted by Crippen LogP contribution is -2.39. The monoisotopic (exact) mass is 274 g/mol. The molecule has 1 fully saturated rings. The molecule has 19 heavy (non-hydrogen) atoms. The Bertz CT molecular complexity index is 211. The van der Waals surface area contributed by atoms with Crippen LogP contribution in [-0.2, 0) is 9.47 Å². The number of aliphatic hydroxyl groups excluding tert-OH is 1. The highest BCUT2D eigenvalue weighted by atomic mass is 16.5. The van der Waals surface area contributed by atoms with E-state index in [1.807, 2.05) is 0 Å². The molecule has 114 valence electrons. The number of likely N-dealkylation sites (N-methyl/N-ethyl adjacent to an activating group) is 1. The number of aliphatic hydroxyl groups is 1. The van der Waals surface area contributed by atoms with Crippen molar-refractivity contribution >= 4 is 0 Å². The predicted molar refractivity (Wildman–Crippen MR) is 76.5 cm³/mol. The van der Waals surface area contributed by atoms with E-state index in [-0.39, 0.29) is 0 Å². The maximum absolute atomic E-state index is 9.83. The van der Waals surface area contributed by atoms with E-state index in [0.29, 0.717) is 32.4 Å². The third kappa shape index (κ3) is 8.55. The second-order valence-corrected chi connectivity index (χ2v) is 5.42. The standard InChI is InChI=1S/C14H30N2O3/c1-16(8-6-13-5-3-4-7-15-13)11-14(17)12-19-10-9-18-2/h13-15,17H,3-12H2,1-2H3. The molecular weight excluding hydrogens is 244 g/mol. The zero-order valence-electron chi connectivity index (χ0n) is 12.4. The summed E-state index contributed by atoms with van der Waals surface area (Å²) in [5, 5.41) is 13.4. The molecule has 0 aromatic rings. The number of piperidine rings is 1. The van der Waals surface area contributed by atoms with Gasteiger partial charge in [0.1, 0.15) is 0 Å². The van der Waals surface area contributed by atoms with Gasteiger partial charge in [0.05, 0.1) is 25.9 Å². The van der Waals surface area contributed by atoms with Crippen LogP contribution in [0, 0.1) is 0 Å². The number of hydrogen-bond acceptors (Lipinski definition) is 5. The first kappa shape index (κ1) is 16.9. The summed E-state index contributed by atoms with van der Waals surface area (Å²) in [5.74, 6) is 0. The normalized spacial score (nSPS) is 21.8. The van der Waals surface area contributed by atoms with E-state index in [1.54, 1.807) is 7.11 Å². The second-order valence-electron chi connectivity index (χ2n) is 5.42. The summed E-state index contributed by atoms with van der Waals surface area (Å²) in [7, 11) is 3.70. The Kier molecular flexibility index (Phi) is 9.38. The van der Waals surface area contributed by atoms with Crippen LogP contribution in [0.25, 0.3) is 0 Å². The summed E-state index contributed by atoms with van der Waals surface area (Å²) < 4.78 is 10.2. The van der Waals surface area contributed by atoms with Crippen LogP contribution >= 0.6 is 0 Å². The largest absolute Gasteiger partial charge is 0.389 e. The van der Waals surface area contributed by atoms with Crippen molar-refractivity contribution in [2.24, 2.45) is 0 Å². The fourth-order valence-electron chi connectivity index (χ4n) is 2.41. The van der Waals surface area contributed by atoms with Crippen LogP contribution in [0.4, 0.5) is 0 Å². The average molecular weight is 274 g/mol. The number of nitrogens with one attached hydrogen (secondary N) is 1. The summed E-state index contributed by atoms with van der Waals surface area (Å²) in [6.45, 7) is 4.35. The fraction of sp³-hybridized carbons (Fsp3) is 1.00. The van der Waals surface area contributed by atoms with Gasteiger partial charge >= 0.3 is 0 Å². The fourth-order valence-corrected chi connectivity index (χ4v) is 2.41. The summed E-state index contributed by atoms with van der Waals surface area (Å²) in [6, 6.07) is 0.659. The topological polar surface area (TPSA) is 54.0 Å². The maximum atomic E-state index is 9.83. The SMILES string of the molecule is COCCOCC(O)CN(C)CCC1CCCCN1. The van der Waals surface area contributed by atoms with E-state index in [9.17, 15) is 5.11 Å². The van der Waals surface area contributed by atoms with Gasteiger partial charge in [-0.2, -0.15) is 0 Å². The molecule has 1 rings (SSSR count). The van der Waals surface area contributed by atoms with E-state index in [2.05, 4.69) is 17.3 Å². The van der Waals surface area contributed by atoms with Gasteiger partial charge in [-0.1, -0.05) is 6.42 Å². The molecule has 0 saturated carbocycles. The van der Waals surface area contributed by atoms with Crippen molar-refractivity contribution < 1.29 is 14.6 Å². The van der Waals surface area contributed by atoms with Crippen LogP contribution < -0.4 is 5.32 Å². The molecule has 5 heteroatoms. The van der Waals surface area contributed by atoms with Crippen LogP contribution in [-0.4, -0.2) is 75.8 Å². The quantitative estimate of drug-likeness (QED) is 0.567. The number of hydrogen-bond donors (Lipinski definition) is 2. The van der Waals surface area contributed by atoms with Crippen molar-refractivity contribution in [2.75, 3.05) is 53.6 Å². The summed E-state index contributed by atoms with van der Waals surface area (Å²) in [6.07, 6.45) is 4.69. The van der Waals surface area contributed by atoms with Gasteiger partial charge in [-0.3, -0.25) is 0 Å². The minimum absolute atomic E-state index is 0.384. The predicted octanol–water partition coefficient (Wildman–Crippen LogP) is 0.474. The van der Waals surface area contributed by atoms with Crippen molar-refractivity contribution in [1.82, 2.24) is 10.2 Å². The minimum Gasteiger partial charge on any atom is -0.389 e. The van der Waals surface area contributed by atoms with Crippen LogP contribution in [0.2, 0.25) is 0 Å². The lowest BCUT2D eigenvalue weighted by molar-refractivity contribution is 0.00203. The highest BCUT2D eigenvalue weighted by Crippen LogP contribution is 2.10. The Morgan fingerprint density at radius 3 is 2.89 bits per heavy atom. The van der Waals surface area contributed by atoms with Gasteiger partial charge in [-0.25, -0.2) is 0 Å². The molecule has 2 N–H and O–H groups in total. The van der Waals surface area contributed by atoms with Gasteiger partial charge < -0.3 is 24.8 Å². The Morgan fingerprint density at radius 1 is 1.37 bits per heavy atom. The van der Waals surface area contributed by atoms with Gasteiger partial charge in [0.15, 0.2) is 0 Å². The van der Waals surface area contributed by atoms with Crippen LogP contribution in [0.15, 0.2) is 0 Å². The van der Waals surface area contributed by atoms with Crippen molar-refractivity contribution in [3.8, 4) is 0 Å². The molecule has 0 bridgehead atoms. The molecule has 0 amide bonds. The summed E-state index contributed by atoms with van der Waals surface area (Å²) in [5.41, 5.74) is 0. The molecule has 0 spiro atoms. The summed E-state index contributed by atoms with van der Waals surface area (Å²) >= 11 is 0. The second kappa shape index (κ2) is 10.6. The molecule has 0 aliphatic carbocycles. The van der Waals surface area contributed by atoms with E-state index >= 15 is 0 Å². The highest BCUT2D eigenvalue weighted by molar-refractivity contribution is 4.73. The zero-order valence-corrected chi connectivity index (χ0v) is 12.4. The molecular formula is C14H30N2O3. The summed E-state index contributed by atoms with van der Waals surface area (Å²) in [4.78, 5) is 2.18. The lowest BCUT2D eigenvalue weighted by Gasteiger charge is -2.26. The molecule has 0 aromatic heterocycles. The lowest BCUT2D eigenvalue weighted by atomic mass is 10.0. The molecule has 2 unspecified atom stereocenters. The first-order valence-corrected chi connectivity index (χ1v) is 7.39. The molecule has 5 nitrogen and oxygen atoms in total. The van der Waals surface area contributed by atoms with Crippen LogP contribution in [0.5, 0.6) is 0 Å². The molecule has 1 aliphatic rings. The van der Waals surface area contributed by atoms with Crippen LogP contribution in [0.1, 0.15) is 25.7 Å². The minimum atomic E-state index is -0.416. The Hall–Kier alpha value is -0.200. The van der Waals surface area contributed by atoms with Crippen LogP contribution in [0.3, 0.4) is 0 Å². The first-order chi connectivity index (χ1) is 9.22. The zero-order chi connectivity index (χ0) is 13.9. The number of nitrogens with zero attached hydrogens (tertiary/aromatic N) is 1. The maximum Gasteiger partial charge on any atom is 0.0900 e. The Balaban J connectivity index is 2.00. The number of rotatable bonds is 10. The van der Waals surface area contributed by atoms with Gasteiger partial charge in [0, 0.05) is 19.7 Å². The molecule has 1 saturated heterocycles. The first-order valence-electron chi connectivity index (χ1n) is 7.39. The van der Waals surface area contributed by atoms with Gasteiger partial charge in [0.2, 0.25) is 0 Å². The van der Waals surface area contributed by atoms with Crippen molar-refractivity contribution in [2.45, 2.75) is 37.8 Å². The molecule has 1 heterocycles. The smallest absolute Gasteiger partial charge is 0.0900 e. The van der Waals surface area contributed by atoms with E-state index < -0.39 is 6.10 Å². The van der Waals surface area contributed by atoms with Crippen molar-refractivity contribution in [3.63, 3.8) is 0 Å². The Morgan fingerprint density at radius 2 is 2.21 bits per heavy atom. The third-order valence-electron chi connectivity index (χ3n) is 3.54. The van der Waals surface area contributed by atoms with E-state index in [0.717, 1.165) is 19.5 Å². The van der Waals surface area contributed by atoms with Crippen molar-refractivity contribution in [3.05, 3.63) is 0 Å². The highest BCUT2D eigenvalue weighted by Gasteiger charge is 2.14. The number of ether oxygens (including phenoxy) is 2. The van der Waals surface area contributed by atoms with Gasteiger partial charge in [-0.05, 0) is 39.4 Å². The van der Waals surface area contributed by atoms with Crippen molar-refractivity contribution in [1.29, 1.82) is 0 Å². The molecule has 0 radical (unpaired) electrons. The van der Waals surface area contributed by atoms with E-state index in [1.165, 1.54) is 19.3 Å². The Labute approximate surface area is 117 Å². The average Bonchev–Trinajstić information content (AvgIpc) is 2.42. The molecule has 0 aromatic carbocycles. The number of methoxy groups -OCH3 is 1. The molecule has 2 atom stereocenters.